The molecule has 1 unspecified atom stereocenters. The van der Waals surface area contributed by atoms with Gasteiger partial charge in [-0.25, -0.2) is 0 Å². The van der Waals surface area contributed by atoms with Crippen LogP contribution in [0.15, 0.2) is 24.3 Å². The number of hydrogen-bond donors (Lipinski definition) is 1. The van der Waals surface area contributed by atoms with Gasteiger partial charge >= 0.3 is 0 Å². The van der Waals surface area contributed by atoms with Crippen LogP contribution in [0.25, 0.3) is 0 Å². The largest absolute Gasteiger partial charge is 0.337 e. The molecular formula is C15H21ClN2O2. The summed E-state index contributed by atoms with van der Waals surface area (Å²) in [6, 6.07) is 7.40. The lowest BCUT2D eigenvalue weighted by molar-refractivity contribution is 0.0694. The molecule has 1 N–H and O–H groups in total. The molecule has 0 saturated carbocycles. The van der Waals surface area contributed by atoms with Crippen molar-refractivity contribution in [2.75, 3.05) is 20.1 Å². The number of carbonyl (C=O) groups excluding carboxylic acids is 2. The molecule has 20 heavy (non-hydrogen) atoms. The van der Waals surface area contributed by atoms with Gasteiger partial charge in [0.1, 0.15) is 0 Å². The van der Waals surface area contributed by atoms with E-state index in [0.717, 1.165) is 19.4 Å². The van der Waals surface area contributed by atoms with Crippen LogP contribution in [0.2, 0.25) is 0 Å². The van der Waals surface area contributed by atoms with Crippen LogP contribution in [0.5, 0.6) is 0 Å². The van der Waals surface area contributed by atoms with Crippen molar-refractivity contribution in [3.8, 4) is 0 Å². The van der Waals surface area contributed by atoms with Crippen LogP contribution < -0.4 is 5.32 Å². The maximum absolute atomic E-state index is 12.5. The third-order valence-electron chi connectivity index (χ3n) is 3.65. The lowest BCUT2D eigenvalue weighted by Crippen LogP contribution is -2.47. The van der Waals surface area contributed by atoms with E-state index in [1.807, 2.05) is 11.9 Å². The van der Waals surface area contributed by atoms with Crippen LogP contribution in [-0.2, 0) is 0 Å². The molecule has 1 aliphatic heterocycles. The maximum Gasteiger partial charge on any atom is 0.254 e. The highest BCUT2D eigenvalue weighted by atomic mass is 35.5. The van der Waals surface area contributed by atoms with E-state index in [1.54, 1.807) is 24.3 Å². The standard InChI is InChI=1S/C15H20N2O2.ClH/c1-11(18)13-7-3-4-8-14(13)15(19)17-9-5-6-12(10-17)16-2;/h3-4,7-8,12,16H,5-6,9-10H2,1-2H3;1H. The predicted octanol–water partition coefficient (Wildman–Crippen LogP) is 2.14. The predicted molar refractivity (Wildman–Crippen MR) is 81.7 cm³/mol. The molecule has 1 heterocycles. The number of nitrogens with one attached hydrogen (secondary N) is 1. The number of likely N-dealkylation sites (N-methyl/N-ethyl adjacent to an activating group) is 1. The Morgan fingerprint density at radius 2 is 1.90 bits per heavy atom. The van der Waals surface area contributed by atoms with E-state index in [-0.39, 0.29) is 24.1 Å². The number of amides is 1. The molecule has 1 atom stereocenters. The first kappa shape index (κ1) is 16.7. The van der Waals surface area contributed by atoms with E-state index in [9.17, 15) is 9.59 Å². The summed E-state index contributed by atoms with van der Waals surface area (Å²) in [5.41, 5.74) is 1.03. The highest BCUT2D eigenvalue weighted by molar-refractivity contribution is 6.07. The molecule has 1 fully saturated rings. The lowest BCUT2D eigenvalue weighted by atomic mass is 10.0. The number of ketones is 1. The molecule has 0 radical (unpaired) electrons. The molecule has 0 aliphatic carbocycles. The molecule has 1 amide bonds. The van der Waals surface area contributed by atoms with Gasteiger partial charge in [0, 0.05) is 24.7 Å². The Balaban J connectivity index is 0.00000200. The van der Waals surface area contributed by atoms with Crippen LogP contribution in [0, 0.1) is 0 Å². The third-order valence-corrected chi connectivity index (χ3v) is 3.65. The summed E-state index contributed by atoms with van der Waals surface area (Å²) in [6.07, 6.45) is 2.09. The number of rotatable bonds is 3. The first-order valence-electron chi connectivity index (χ1n) is 6.70. The summed E-state index contributed by atoms with van der Waals surface area (Å²) in [7, 11) is 1.92. The second-order valence-corrected chi connectivity index (χ2v) is 4.98. The molecule has 0 aromatic heterocycles. The van der Waals surface area contributed by atoms with Crippen molar-refractivity contribution < 1.29 is 9.59 Å². The van der Waals surface area contributed by atoms with Gasteiger partial charge in [-0.05, 0) is 32.9 Å². The Labute approximate surface area is 125 Å². The number of hydrogen-bond acceptors (Lipinski definition) is 3. The SMILES string of the molecule is CNC1CCCN(C(=O)c2ccccc2C(C)=O)C1.Cl. The number of halogens is 1. The Morgan fingerprint density at radius 3 is 2.50 bits per heavy atom. The monoisotopic (exact) mass is 296 g/mol. The van der Waals surface area contributed by atoms with E-state index >= 15 is 0 Å². The second-order valence-electron chi connectivity index (χ2n) is 4.98. The summed E-state index contributed by atoms with van der Waals surface area (Å²) in [5.74, 6) is -0.100. The van der Waals surface area contributed by atoms with E-state index in [2.05, 4.69) is 5.32 Å². The maximum atomic E-state index is 12.5. The first-order chi connectivity index (χ1) is 9.13. The van der Waals surface area contributed by atoms with Crippen molar-refractivity contribution in [1.29, 1.82) is 0 Å². The van der Waals surface area contributed by atoms with Crippen molar-refractivity contribution in [2.24, 2.45) is 0 Å². The van der Waals surface area contributed by atoms with Gasteiger partial charge in [0.25, 0.3) is 5.91 Å². The van der Waals surface area contributed by atoms with E-state index < -0.39 is 0 Å². The van der Waals surface area contributed by atoms with Crippen LogP contribution >= 0.6 is 12.4 Å². The summed E-state index contributed by atoms with van der Waals surface area (Å²) >= 11 is 0. The summed E-state index contributed by atoms with van der Waals surface area (Å²) in [6.45, 7) is 2.98. The molecule has 0 bridgehead atoms. The average molecular weight is 297 g/mol. The first-order valence-corrected chi connectivity index (χ1v) is 6.70. The molecule has 110 valence electrons. The zero-order chi connectivity index (χ0) is 13.8. The van der Waals surface area contributed by atoms with Gasteiger partial charge in [0.15, 0.2) is 5.78 Å². The summed E-state index contributed by atoms with van der Waals surface area (Å²) in [4.78, 5) is 26.0. The zero-order valence-corrected chi connectivity index (χ0v) is 12.7. The number of piperidine rings is 1. The zero-order valence-electron chi connectivity index (χ0n) is 11.9. The van der Waals surface area contributed by atoms with Crippen molar-refractivity contribution in [1.82, 2.24) is 10.2 Å². The Bertz CT molecular complexity index is 491. The topological polar surface area (TPSA) is 49.4 Å². The minimum Gasteiger partial charge on any atom is -0.337 e. The Morgan fingerprint density at radius 1 is 1.25 bits per heavy atom. The normalized spacial score (nSPS) is 18.3. The van der Waals surface area contributed by atoms with Crippen LogP contribution in [0.3, 0.4) is 0 Å². The minimum atomic E-state index is -0.0638. The van der Waals surface area contributed by atoms with Crippen molar-refractivity contribution in [2.45, 2.75) is 25.8 Å². The number of benzene rings is 1. The molecule has 1 aromatic carbocycles. The Kier molecular flexibility index (Phi) is 6.17. The van der Waals surface area contributed by atoms with Crippen LogP contribution in [0.1, 0.15) is 40.5 Å². The number of Topliss-reactive ketones (excluding diaryl/α,β-unsaturated/α-hetero) is 1. The molecule has 5 heteroatoms. The smallest absolute Gasteiger partial charge is 0.254 e. The third kappa shape index (κ3) is 3.58. The number of carbonyl (C=O) groups is 2. The summed E-state index contributed by atoms with van der Waals surface area (Å²) in [5, 5.41) is 3.22. The molecule has 1 aromatic rings. The van der Waals surface area contributed by atoms with Crippen molar-refractivity contribution in [3.05, 3.63) is 35.4 Å². The minimum absolute atomic E-state index is 0. The van der Waals surface area contributed by atoms with Gasteiger partial charge in [0.05, 0.1) is 5.56 Å². The van der Waals surface area contributed by atoms with Crippen molar-refractivity contribution >= 4 is 24.1 Å². The van der Waals surface area contributed by atoms with Crippen molar-refractivity contribution in [3.63, 3.8) is 0 Å². The van der Waals surface area contributed by atoms with E-state index in [4.69, 9.17) is 0 Å². The molecule has 1 saturated heterocycles. The molecule has 4 nitrogen and oxygen atoms in total. The van der Waals surface area contributed by atoms with E-state index in [0.29, 0.717) is 23.7 Å². The van der Waals surface area contributed by atoms with Gasteiger partial charge < -0.3 is 10.2 Å². The van der Waals surface area contributed by atoms with Gasteiger partial charge in [-0.1, -0.05) is 18.2 Å². The average Bonchev–Trinajstić information content (AvgIpc) is 2.46. The highest BCUT2D eigenvalue weighted by Gasteiger charge is 2.25. The molecule has 0 spiro atoms. The van der Waals surface area contributed by atoms with Crippen LogP contribution in [-0.4, -0.2) is 42.8 Å². The fourth-order valence-electron chi connectivity index (χ4n) is 2.54. The fraction of sp³-hybridized carbons (Fsp3) is 0.467. The van der Waals surface area contributed by atoms with E-state index in [1.165, 1.54) is 6.92 Å². The molecular weight excluding hydrogens is 276 g/mol. The van der Waals surface area contributed by atoms with Gasteiger partial charge in [0.2, 0.25) is 0 Å². The van der Waals surface area contributed by atoms with Gasteiger partial charge in [-0.15, -0.1) is 12.4 Å². The quantitative estimate of drug-likeness (QED) is 0.870. The second kappa shape index (κ2) is 7.41. The summed E-state index contributed by atoms with van der Waals surface area (Å²) < 4.78 is 0. The van der Waals surface area contributed by atoms with Crippen LogP contribution in [0.4, 0.5) is 0 Å². The van der Waals surface area contributed by atoms with Gasteiger partial charge in [-0.3, -0.25) is 9.59 Å². The number of nitrogens with zero attached hydrogens (tertiary/aromatic N) is 1. The Hall–Kier alpha value is -1.39. The molecule has 2 rings (SSSR count). The van der Waals surface area contributed by atoms with Gasteiger partial charge in [-0.2, -0.15) is 0 Å². The fourth-order valence-corrected chi connectivity index (χ4v) is 2.54. The highest BCUT2D eigenvalue weighted by Crippen LogP contribution is 2.17. The number of likely N-dealkylation sites (tertiary alicyclic amines) is 1. The lowest BCUT2D eigenvalue weighted by Gasteiger charge is -2.33. The molecule has 1 aliphatic rings.